The van der Waals surface area contributed by atoms with Gasteiger partial charge >= 0.3 is 0 Å². The fourth-order valence-electron chi connectivity index (χ4n) is 3.55. The number of benzene rings is 2. The SMILES string of the molecule is COc1ccccc1C(=O)c1cn(CC(=O)Nc2ccc(F)cc2F)c2nc(C)ccc2c1=O. The van der Waals surface area contributed by atoms with Crippen molar-refractivity contribution in [3.05, 3.63) is 99.5 Å². The summed E-state index contributed by atoms with van der Waals surface area (Å²) in [6.07, 6.45) is 1.26. The average molecular weight is 463 g/mol. The number of ether oxygens (including phenoxy) is 1. The van der Waals surface area contributed by atoms with E-state index in [2.05, 4.69) is 10.3 Å². The van der Waals surface area contributed by atoms with Crippen molar-refractivity contribution in [2.24, 2.45) is 0 Å². The molecule has 0 fully saturated rings. The van der Waals surface area contributed by atoms with E-state index in [9.17, 15) is 23.2 Å². The van der Waals surface area contributed by atoms with Gasteiger partial charge < -0.3 is 14.6 Å². The number of anilines is 1. The molecular weight excluding hydrogens is 444 g/mol. The van der Waals surface area contributed by atoms with Gasteiger partial charge in [-0.25, -0.2) is 13.8 Å². The van der Waals surface area contributed by atoms with Crippen LogP contribution in [0.5, 0.6) is 5.75 Å². The first-order valence-electron chi connectivity index (χ1n) is 10.2. The Balaban J connectivity index is 1.78. The van der Waals surface area contributed by atoms with E-state index in [0.717, 1.165) is 12.1 Å². The topological polar surface area (TPSA) is 90.3 Å². The van der Waals surface area contributed by atoms with Crippen molar-refractivity contribution in [3.8, 4) is 5.75 Å². The minimum atomic E-state index is -0.931. The summed E-state index contributed by atoms with van der Waals surface area (Å²) >= 11 is 0. The van der Waals surface area contributed by atoms with E-state index in [1.165, 1.54) is 30.0 Å². The van der Waals surface area contributed by atoms with Gasteiger partial charge in [0, 0.05) is 18.0 Å². The van der Waals surface area contributed by atoms with Gasteiger partial charge in [-0.1, -0.05) is 12.1 Å². The Hall–Kier alpha value is -4.40. The number of amides is 1. The maximum Gasteiger partial charge on any atom is 0.244 e. The molecule has 0 aliphatic carbocycles. The molecule has 2 heterocycles. The molecule has 1 amide bonds. The number of carbonyl (C=O) groups excluding carboxylic acids is 2. The molecule has 4 aromatic rings. The van der Waals surface area contributed by atoms with Crippen LogP contribution < -0.4 is 15.5 Å². The van der Waals surface area contributed by atoms with Gasteiger partial charge in [-0.05, 0) is 43.3 Å². The van der Waals surface area contributed by atoms with E-state index in [0.29, 0.717) is 17.5 Å². The predicted molar refractivity (Wildman–Crippen MR) is 122 cm³/mol. The molecule has 0 aliphatic rings. The van der Waals surface area contributed by atoms with Gasteiger partial charge in [-0.15, -0.1) is 0 Å². The Bertz CT molecular complexity index is 1500. The zero-order valence-corrected chi connectivity index (χ0v) is 18.3. The number of fused-ring (bicyclic) bond motifs is 1. The zero-order valence-electron chi connectivity index (χ0n) is 18.3. The predicted octanol–water partition coefficient (Wildman–Crippen LogP) is 3.86. The molecule has 2 aromatic heterocycles. The molecule has 1 N–H and O–H groups in total. The van der Waals surface area contributed by atoms with Crippen LogP contribution in [-0.4, -0.2) is 28.4 Å². The minimum absolute atomic E-state index is 0.145. The van der Waals surface area contributed by atoms with Crippen LogP contribution >= 0.6 is 0 Å². The van der Waals surface area contributed by atoms with Crippen LogP contribution in [-0.2, 0) is 11.3 Å². The second-order valence-corrected chi connectivity index (χ2v) is 7.53. The van der Waals surface area contributed by atoms with Crippen molar-refractivity contribution >= 4 is 28.4 Å². The van der Waals surface area contributed by atoms with Gasteiger partial charge in [-0.3, -0.25) is 14.4 Å². The number of pyridine rings is 2. The van der Waals surface area contributed by atoms with Crippen LogP contribution in [0.3, 0.4) is 0 Å². The second-order valence-electron chi connectivity index (χ2n) is 7.53. The fourth-order valence-corrected chi connectivity index (χ4v) is 3.55. The molecule has 2 aromatic carbocycles. The lowest BCUT2D eigenvalue weighted by atomic mass is 10.0. The van der Waals surface area contributed by atoms with E-state index >= 15 is 0 Å². The van der Waals surface area contributed by atoms with Gasteiger partial charge in [0.05, 0.1) is 29.3 Å². The molecule has 0 bridgehead atoms. The quantitative estimate of drug-likeness (QED) is 0.439. The molecule has 7 nitrogen and oxygen atoms in total. The molecule has 0 saturated heterocycles. The summed E-state index contributed by atoms with van der Waals surface area (Å²) in [6.45, 7) is 1.34. The first kappa shape index (κ1) is 22.8. The maximum atomic E-state index is 14.0. The molecule has 0 saturated carbocycles. The number of carbonyl (C=O) groups is 2. The lowest BCUT2D eigenvalue weighted by Crippen LogP contribution is -2.25. The van der Waals surface area contributed by atoms with Gasteiger partial charge in [0.2, 0.25) is 17.1 Å². The highest BCUT2D eigenvalue weighted by Crippen LogP contribution is 2.22. The first-order chi connectivity index (χ1) is 16.3. The van der Waals surface area contributed by atoms with E-state index < -0.39 is 28.8 Å². The summed E-state index contributed by atoms with van der Waals surface area (Å²) in [6, 6.07) is 12.4. The molecule has 4 rings (SSSR count). The molecule has 0 atom stereocenters. The van der Waals surface area contributed by atoms with Crippen molar-refractivity contribution in [1.82, 2.24) is 9.55 Å². The third-order valence-electron chi connectivity index (χ3n) is 5.18. The molecule has 9 heteroatoms. The van der Waals surface area contributed by atoms with Crippen LogP contribution in [0.15, 0.2) is 65.6 Å². The van der Waals surface area contributed by atoms with E-state index in [-0.39, 0.29) is 34.4 Å². The first-order valence-corrected chi connectivity index (χ1v) is 10.2. The number of hydrogen-bond donors (Lipinski definition) is 1. The number of hydrogen-bond acceptors (Lipinski definition) is 5. The highest BCUT2D eigenvalue weighted by Gasteiger charge is 2.21. The van der Waals surface area contributed by atoms with E-state index in [1.807, 2.05) is 0 Å². The largest absolute Gasteiger partial charge is 0.496 e. The van der Waals surface area contributed by atoms with Gasteiger partial charge in [0.25, 0.3) is 0 Å². The maximum absolute atomic E-state index is 14.0. The van der Waals surface area contributed by atoms with Crippen molar-refractivity contribution in [3.63, 3.8) is 0 Å². The lowest BCUT2D eigenvalue weighted by Gasteiger charge is -2.14. The van der Waals surface area contributed by atoms with Crippen LogP contribution in [0.1, 0.15) is 21.6 Å². The van der Waals surface area contributed by atoms with Crippen molar-refractivity contribution in [2.75, 3.05) is 12.4 Å². The molecule has 34 heavy (non-hydrogen) atoms. The third kappa shape index (κ3) is 4.40. The Morgan fingerprint density at radius 1 is 1.06 bits per heavy atom. The second kappa shape index (κ2) is 9.22. The summed E-state index contributed by atoms with van der Waals surface area (Å²) in [7, 11) is 1.41. The van der Waals surface area contributed by atoms with Crippen LogP contribution in [0.2, 0.25) is 0 Å². The number of methoxy groups -OCH3 is 1. The summed E-state index contributed by atoms with van der Waals surface area (Å²) in [5, 5.41) is 2.51. The number of nitrogens with zero attached hydrogens (tertiary/aromatic N) is 2. The number of rotatable bonds is 6. The third-order valence-corrected chi connectivity index (χ3v) is 5.18. The summed E-state index contributed by atoms with van der Waals surface area (Å²) < 4.78 is 33.7. The summed E-state index contributed by atoms with van der Waals surface area (Å²) in [4.78, 5) is 43.5. The fraction of sp³-hybridized carbons (Fsp3) is 0.120. The highest BCUT2D eigenvalue weighted by atomic mass is 19.1. The van der Waals surface area contributed by atoms with Crippen LogP contribution in [0, 0.1) is 18.6 Å². The molecule has 172 valence electrons. The number of ketones is 1. The molecule has 0 spiro atoms. The van der Waals surface area contributed by atoms with Gasteiger partial charge in [-0.2, -0.15) is 0 Å². The van der Waals surface area contributed by atoms with Crippen LogP contribution in [0.25, 0.3) is 11.0 Å². The Labute approximate surface area is 192 Å². The monoisotopic (exact) mass is 463 g/mol. The summed E-state index contributed by atoms with van der Waals surface area (Å²) in [5.74, 6) is -2.65. The van der Waals surface area contributed by atoms with Gasteiger partial charge in [0.1, 0.15) is 29.6 Å². The van der Waals surface area contributed by atoms with Gasteiger partial charge in [0.15, 0.2) is 0 Å². The highest BCUT2D eigenvalue weighted by molar-refractivity contribution is 6.11. The molecule has 0 aliphatic heterocycles. The molecule has 0 radical (unpaired) electrons. The number of nitrogens with one attached hydrogen (secondary N) is 1. The van der Waals surface area contributed by atoms with E-state index in [4.69, 9.17) is 4.74 Å². The Morgan fingerprint density at radius 3 is 2.56 bits per heavy atom. The number of halogens is 2. The number of aromatic nitrogens is 2. The lowest BCUT2D eigenvalue weighted by molar-refractivity contribution is -0.116. The Kier molecular flexibility index (Phi) is 6.18. The summed E-state index contributed by atoms with van der Waals surface area (Å²) in [5.41, 5.74) is 0.0472. The zero-order chi connectivity index (χ0) is 24.4. The normalized spacial score (nSPS) is 10.8. The van der Waals surface area contributed by atoms with E-state index in [1.54, 1.807) is 31.2 Å². The smallest absolute Gasteiger partial charge is 0.244 e. The minimum Gasteiger partial charge on any atom is -0.496 e. The van der Waals surface area contributed by atoms with Crippen molar-refractivity contribution < 1.29 is 23.1 Å². The number of aryl methyl sites for hydroxylation is 1. The molecule has 0 unspecified atom stereocenters. The van der Waals surface area contributed by atoms with Crippen molar-refractivity contribution in [2.45, 2.75) is 13.5 Å². The number of para-hydroxylation sites is 1. The molecular formula is C25H19F2N3O4. The Morgan fingerprint density at radius 2 is 1.82 bits per heavy atom. The standard InChI is InChI=1S/C25H19F2N3O4/c1-14-7-9-17-24(33)18(23(32)16-5-3-4-6-21(16)34-2)12-30(25(17)28-14)13-22(31)29-20-10-8-15(26)11-19(20)27/h3-12H,13H2,1-2H3,(H,29,31). The van der Waals surface area contributed by atoms with Crippen LogP contribution in [0.4, 0.5) is 14.5 Å². The average Bonchev–Trinajstić information content (AvgIpc) is 2.82. The van der Waals surface area contributed by atoms with Crippen molar-refractivity contribution in [1.29, 1.82) is 0 Å².